The summed E-state index contributed by atoms with van der Waals surface area (Å²) in [7, 11) is 4.10. The number of likely N-dealkylation sites (N-methyl/N-ethyl adjacent to an activating group) is 1. The zero-order chi connectivity index (χ0) is 17.9. The van der Waals surface area contributed by atoms with Gasteiger partial charge in [-0.15, -0.1) is 24.0 Å². The number of guanidine groups is 1. The first kappa shape index (κ1) is 23.0. The van der Waals surface area contributed by atoms with Gasteiger partial charge in [0.05, 0.1) is 6.54 Å². The van der Waals surface area contributed by atoms with E-state index in [1.165, 1.54) is 37.7 Å². The number of rotatable bonds is 8. The number of hydrogen-bond donors (Lipinski definition) is 2. The predicted molar refractivity (Wildman–Crippen MR) is 121 cm³/mol. The van der Waals surface area contributed by atoms with Gasteiger partial charge in [-0.3, -0.25) is 0 Å². The smallest absolute Gasteiger partial charge is 0.191 e. The van der Waals surface area contributed by atoms with E-state index in [1.807, 2.05) is 12.1 Å². The first-order valence-corrected chi connectivity index (χ1v) is 9.58. The number of nitrogens with one attached hydrogen (secondary N) is 2. The molecule has 0 atom stereocenters. The zero-order valence-electron chi connectivity index (χ0n) is 16.5. The fourth-order valence-electron chi connectivity index (χ4n) is 3.01. The van der Waals surface area contributed by atoms with Crippen molar-refractivity contribution in [3.63, 3.8) is 0 Å². The van der Waals surface area contributed by atoms with Gasteiger partial charge in [0.1, 0.15) is 12.4 Å². The van der Waals surface area contributed by atoms with Crippen molar-refractivity contribution in [3.05, 3.63) is 29.8 Å². The number of benzene rings is 1. The van der Waals surface area contributed by atoms with Gasteiger partial charge in [0.25, 0.3) is 0 Å². The highest BCUT2D eigenvalue weighted by atomic mass is 127. The molecule has 0 aromatic heterocycles. The third kappa shape index (κ3) is 9.07. The Balaban J connectivity index is 0.00000338. The highest BCUT2D eigenvalue weighted by Gasteiger charge is 2.14. The third-order valence-corrected chi connectivity index (χ3v) is 4.42. The largest absolute Gasteiger partial charge is 0.492 e. The van der Waals surface area contributed by atoms with Crippen LogP contribution in [-0.2, 0) is 6.54 Å². The van der Waals surface area contributed by atoms with Gasteiger partial charge in [0.2, 0.25) is 0 Å². The lowest BCUT2D eigenvalue weighted by Gasteiger charge is -2.24. The second kappa shape index (κ2) is 13.2. The van der Waals surface area contributed by atoms with E-state index < -0.39 is 0 Å². The molecular formula is C20H35IN4O. The maximum atomic E-state index is 5.81. The third-order valence-electron chi connectivity index (χ3n) is 4.42. The fraction of sp³-hybridized carbons (Fsp3) is 0.650. The standard InChI is InChI=1S/C20H34N4O.HI/c1-4-21-20(23-18-10-6-5-7-11-18)22-16-17-9-8-12-19(15-17)25-14-13-24(2)3;/h8-9,12,15,18H,4-7,10-11,13-14,16H2,1-3H3,(H2,21,22,23);1H. The van der Waals surface area contributed by atoms with Crippen LogP contribution in [0.25, 0.3) is 0 Å². The van der Waals surface area contributed by atoms with Gasteiger partial charge in [0.15, 0.2) is 5.96 Å². The molecule has 1 aliphatic rings. The van der Waals surface area contributed by atoms with Crippen LogP contribution in [0.5, 0.6) is 5.75 Å². The molecule has 0 spiro atoms. The summed E-state index contributed by atoms with van der Waals surface area (Å²) in [5.74, 6) is 1.84. The van der Waals surface area contributed by atoms with Crippen molar-refractivity contribution in [1.82, 2.24) is 15.5 Å². The molecule has 26 heavy (non-hydrogen) atoms. The van der Waals surface area contributed by atoms with E-state index in [-0.39, 0.29) is 24.0 Å². The van der Waals surface area contributed by atoms with Gasteiger partial charge in [-0.2, -0.15) is 0 Å². The summed E-state index contributed by atoms with van der Waals surface area (Å²) >= 11 is 0. The second-order valence-corrected chi connectivity index (χ2v) is 6.97. The SMILES string of the molecule is CCNC(=NCc1cccc(OCCN(C)C)c1)NC1CCCCC1.I. The quantitative estimate of drug-likeness (QED) is 0.343. The lowest BCUT2D eigenvalue weighted by molar-refractivity contribution is 0.261. The van der Waals surface area contributed by atoms with E-state index in [0.717, 1.165) is 24.8 Å². The number of aliphatic imine (C=N–C) groups is 1. The molecule has 0 bridgehead atoms. The summed E-state index contributed by atoms with van der Waals surface area (Å²) in [5.41, 5.74) is 1.17. The lowest BCUT2D eigenvalue weighted by atomic mass is 9.96. The van der Waals surface area contributed by atoms with Crippen LogP contribution in [0.2, 0.25) is 0 Å². The summed E-state index contributed by atoms with van der Waals surface area (Å²) < 4.78 is 5.81. The molecule has 0 unspecified atom stereocenters. The minimum Gasteiger partial charge on any atom is -0.492 e. The molecule has 1 aliphatic carbocycles. The molecule has 1 saturated carbocycles. The number of nitrogens with zero attached hydrogens (tertiary/aromatic N) is 2. The van der Waals surface area contributed by atoms with Gasteiger partial charge in [-0.1, -0.05) is 31.4 Å². The summed E-state index contributed by atoms with van der Waals surface area (Å²) in [5, 5.41) is 6.95. The van der Waals surface area contributed by atoms with E-state index >= 15 is 0 Å². The molecule has 6 heteroatoms. The Kier molecular flexibility index (Phi) is 11.7. The molecule has 0 radical (unpaired) electrons. The van der Waals surface area contributed by atoms with Crippen molar-refractivity contribution in [3.8, 4) is 5.75 Å². The van der Waals surface area contributed by atoms with Crippen molar-refractivity contribution in [1.29, 1.82) is 0 Å². The maximum absolute atomic E-state index is 5.81. The van der Waals surface area contributed by atoms with Gasteiger partial charge < -0.3 is 20.3 Å². The van der Waals surface area contributed by atoms with E-state index in [1.54, 1.807) is 0 Å². The van der Waals surface area contributed by atoms with Crippen molar-refractivity contribution in [2.24, 2.45) is 4.99 Å². The minimum absolute atomic E-state index is 0. The Morgan fingerprint density at radius 2 is 2.00 bits per heavy atom. The van der Waals surface area contributed by atoms with Crippen molar-refractivity contribution < 1.29 is 4.74 Å². The Labute approximate surface area is 176 Å². The Bertz CT molecular complexity index is 530. The van der Waals surface area contributed by atoms with E-state index in [2.05, 4.69) is 48.7 Å². The molecule has 0 saturated heterocycles. The van der Waals surface area contributed by atoms with E-state index in [0.29, 0.717) is 19.2 Å². The first-order chi connectivity index (χ1) is 12.2. The van der Waals surface area contributed by atoms with Crippen LogP contribution in [0.3, 0.4) is 0 Å². The van der Waals surface area contributed by atoms with Crippen LogP contribution in [0, 0.1) is 0 Å². The lowest BCUT2D eigenvalue weighted by Crippen LogP contribution is -2.44. The normalized spacial score (nSPS) is 15.5. The molecule has 1 fully saturated rings. The summed E-state index contributed by atoms with van der Waals surface area (Å²) in [4.78, 5) is 6.88. The van der Waals surface area contributed by atoms with Crippen LogP contribution < -0.4 is 15.4 Å². The van der Waals surface area contributed by atoms with Gasteiger partial charge >= 0.3 is 0 Å². The molecule has 5 nitrogen and oxygen atoms in total. The predicted octanol–water partition coefficient (Wildman–Crippen LogP) is 3.63. The summed E-state index contributed by atoms with van der Waals surface area (Å²) in [6, 6.07) is 8.80. The second-order valence-electron chi connectivity index (χ2n) is 6.97. The maximum Gasteiger partial charge on any atom is 0.191 e. The topological polar surface area (TPSA) is 48.9 Å². The van der Waals surface area contributed by atoms with Gasteiger partial charge in [-0.05, 0) is 51.6 Å². The number of halogens is 1. The molecule has 148 valence electrons. The van der Waals surface area contributed by atoms with Crippen LogP contribution >= 0.6 is 24.0 Å². The molecule has 2 N–H and O–H groups in total. The van der Waals surface area contributed by atoms with Crippen molar-refractivity contribution in [2.45, 2.75) is 51.6 Å². The molecule has 0 heterocycles. The Hall–Kier alpha value is -1.02. The zero-order valence-corrected chi connectivity index (χ0v) is 18.8. The number of hydrogen-bond acceptors (Lipinski definition) is 3. The average molecular weight is 474 g/mol. The number of ether oxygens (including phenoxy) is 1. The molecule has 1 aromatic carbocycles. The van der Waals surface area contributed by atoms with Gasteiger partial charge in [-0.25, -0.2) is 4.99 Å². The Morgan fingerprint density at radius 1 is 1.23 bits per heavy atom. The van der Waals surface area contributed by atoms with E-state index in [4.69, 9.17) is 9.73 Å². The van der Waals surface area contributed by atoms with Crippen LogP contribution in [0.4, 0.5) is 0 Å². The van der Waals surface area contributed by atoms with E-state index in [9.17, 15) is 0 Å². The summed E-state index contributed by atoms with van der Waals surface area (Å²) in [6.07, 6.45) is 6.51. The van der Waals surface area contributed by atoms with Crippen LogP contribution in [-0.4, -0.2) is 50.7 Å². The molecular weight excluding hydrogens is 439 g/mol. The van der Waals surface area contributed by atoms with Crippen molar-refractivity contribution in [2.75, 3.05) is 33.8 Å². The Morgan fingerprint density at radius 3 is 2.69 bits per heavy atom. The molecule has 0 aliphatic heterocycles. The molecule has 1 aromatic rings. The fourth-order valence-corrected chi connectivity index (χ4v) is 3.01. The van der Waals surface area contributed by atoms with Gasteiger partial charge in [0, 0.05) is 19.1 Å². The summed E-state index contributed by atoms with van der Waals surface area (Å²) in [6.45, 7) is 5.26. The molecule has 0 amide bonds. The van der Waals surface area contributed by atoms with Crippen LogP contribution in [0.1, 0.15) is 44.6 Å². The monoisotopic (exact) mass is 474 g/mol. The first-order valence-electron chi connectivity index (χ1n) is 9.58. The average Bonchev–Trinajstić information content (AvgIpc) is 2.61. The highest BCUT2D eigenvalue weighted by molar-refractivity contribution is 14.0. The molecule has 2 rings (SSSR count). The van der Waals surface area contributed by atoms with Crippen molar-refractivity contribution >= 4 is 29.9 Å². The highest BCUT2D eigenvalue weighted by Crippen LogP contribution is 2.17. The minimum atomic E-state index is 0. The van der Waals surface area contributed by atoms with Crippen LogP contribution in [0.15, 0.2) is 29.3 Å².